The van der Waals surface area contributed by atoms with Gasteiger partial charge in [0, 0.05) is 7.11 Å². The van der Waals surface area contributed by atoms with Crippen molar-refractivity contribution in [2.45, 2.75) is 49.8 Å². The number of carbonyl (C=O) groups excluding carboxylic acids is 2. The standard InChI is InChI=1S/C13H22O9/c1-7-11(16)13(18)12(17)9(21-7)6-20-10(4-15)22-8(3-14)5-19-2/h3-4,7-13,16-18H,5-6H2,1-2H3. The number of rotatable bonds is 9. The normalized spacial score (nSPS) is 34.9. The molecule has 3 N–H and O–H groups in total. The molecule has 0 aromatic heterocycles. The summed E-state index contributed by atoms with van der Waals surface area (Å²) in [6.45, 7) is 1.22. The highest BCUT2D eigenvalue weighted by Gasteiger charge is 2.42. The molecule has 0 spiro atoms. The minimum absolute atomic E-state index is 0.0400. The molecule has 22 heavy (non-hydrogen) atoms. The van der Waals surface area contributed by atoms with Gasteiger partial charge in [0.15, 0.2) is 12.6 Å². The van der Waals surface area contributed by atoms with Crippen LogP contribution in [0, 0.1) is 0 Å². The van der Waals surface area contributed by atoms with Gasteiger partial charge in [0.2, 0.25) is 6.29 Å². The summed E-state index contributed by atoms with van der Waals surface area (Å²) in [5.74, 6) is 0. The Morgan fingerprint density at radius 2 is 1.82 bits per heavy atom. The fourth-order valence-electron chi connectivity index (χ4n) is 2.02. The Kier molecular flexibility index (Phi) is 8.04. The molecule has 7 unspecified atom stereocenters. The average Bonchev–Trinajstić information content (AvgIpc) is 2.52. The topological polar surface area (TPSA) is 132 Å². The summed E-state index contributed by atoms with van der Waals surface area (Å²) in [5, 5.41) is 29.0. The van der Waals surface area contributed by atoms with Gasteiger partial charge in [-0.25, -0.2) is 0 Å². The zero-order chi connectivity index (χ0) is 16.7. The van der Waals surface area contributed by atoms with Crippen molar-refractivity contribution in [3.63, 3.8) is 0 Å². The maximum absolute atomic E-state index is 10.9. The van der Waals surface area contributed by atoms with Crippen LogP contribution in [0.3, 0.4) is 0 Å². The van der Waals surface area contributed by atoms with Crippen LogP contribution in [0.1, 0.15) is 6.92 Å². The molecule has 1 heterocycles. The molecule has 1 aliphatic heterocycles. The van der Waals surface area contributed by atoms with E-state index in [4.69, 9.17) is 18.9 Å². The van der Waals surface area contributed by atoms with Crippen LogP contribution in [0.4, 0.5) is 0 Å². The summed E-state index contributed by atoms with van der Waals surface area (Å²) >= 11 is 0. The summed E-state index contributed by atoms with van der Waals surface area (Å²) < 4.78 is 20.2. The van der Waals surface area contributed by atoms with Crippen molar-refractivity contribution in [3.8, 4) is 0 Å². The fraction of sp³-hybridized carbons (Fsp3) is 0.846. The Bertz CT molecular complexity index is 350. The molecule has 0 bridgehead atoms. The molecule has 1 fully saturated rings. The van der Waals surface area contributed by atoms with Gasteiger partial charge in [-0.2, -0.15) is 0 Å². The van der Waals surface area contributed by atoms with E-state index in [2.05, 4.69) is 0 Å². The third-order valence-electron chi connectivity index (χ3n) is 3.28. The summed E-state index contributed by atoms with van der Waals surface area (Å²) in [6, 6.07) is 0. The Labute approximate surface area is 127 Å². The van der Waals surface area contributed by atoms with Crippen molar-refractivity contribution in [2.75, 3.05) is 20.3 Å². The fourth-order valence-corrected chi connectivity index (χ4v) is 2.02. The number of aliphatic hydroxyl groups excluding tert-OH is 3. The van der Waals surface area contributed by atoms with Gasteiger partial charge in [0.05, 0.1) is 19.3 Å². The van der Waals surface area contributed by atoms with Crippen LogP contribution in [0.25, 0.3) is 0 Å². The zero-order valence-electron chi connectivity index (χ0n) is 12.4. The lowest BCUT2D eigenvalue weighted by atomic mass is 9.96. The van der Waals surface area contributed by atoms with Gasteiger partial charge in [0.1, 0.15) is 30.5 Å². The molecule has 0 amide bonds. The highest BCUT2D eigenvalue weighted by atomic mass is 16.7. The first-order valence-electron chi connectivity index (χ1n) is 6.80. The van der Waals surface area contributed by atoms with Gasteiger partial charge in [-0.3, -0.25) is 4.79 Å². The van der Waals surface area contributed by atoms with Gasteiger partial charge in [-0.1, -0.05) is 0 Å². The highest BCUT2D eigenvalue weighted by molar-refractivity contribution is 5.58. The molecule has 1 aliphatic rings. The average molecular weight is 322 g/mol. The lowest BCUT2D eigenvalue weighted by Gasteiger charge is -2.39. The number of carbonyl (C=O) groups is 2. The van der Waals surface area contributed by atoms with E-state index in [1.807, 2.05) is 0 Å². The number of ether oxygens (including phenoxy) is 4. The van der Waals surface area contributed by atoms with Gasteiger partial charge < -0.3 is 39.1 Å². The van der Waals surface area contributed by atoms with E-state index < -0.39 is 42.9 Å². The maximum Gasteiger partial charge on any atom is 0.215 e. The van der Waals surface area contributed by atoms with Gasteiger partial charge in [0.25, 0.3) is 0 Å². The van der Waals surface area contributed by atoms with E-state index in [-0.39, 0.29) is 13.2 Å². The molecule has 0 aromatic carbocycles. The van der Waals surface area contributed by atoms with Crippen molar-refractivity contribution in [1.82, 2.24) is 0 Å². The quantitative estimate of drug-likeness (QED) is 0.315. The number of aldehydes is 2. The Hall–Kier alpha value is -0.940. The van der Waals surface area contributed by atoms with Crippen molar-refractivity contribution in [2.24, 2.45) is 0 Å². The minimum atomic E-state index is -1.39. The van der Waals surface area contributed by atoms with E-state index in [0.717, 1.165) is 0 Å². The Morgan fingerprint density at radius 3 is 2.36 bits per heavy atom. The third kappa shape index (κ3) is 5.06. The summed E-state index contributed by atoms with van der Waals surface area (Å²) in [5.41, 5.74) is 0. The second-order valence-corrected chi connectivity index (χ2v) is 4.96. The lowest BCUT2D eigenvalue weighted by Crippen LogP contribution is -2.58. The number of aliphatic hydroxyl groups is 3. The Morgan fingerprint density at radius 1 is 1.14 bits per heavy atom. The molecule has 9 nitrogen and oxygen atoms in total. The molecule has 1 rings (SSSR count). The predicted molar refractivity (Wildman–Crippen MR) is 71.0 cm³/mol. The molecular weight excluding hydrogens is 300 g/mol. The summed E-state index contributed by atoms with van der Waals surface area (Å²) in [4.78, 5) is 21.6. The van der Waals surface area contributed by atoms with Crippen molar-refractivity contribution >= 4 is 12.6 Å². The second kappa shape index (κ2) is 9.26. The van der Waals surface area contributed by atoms with E-state index in [1.54, 1.807) is 0 Å². The molecule has 9 heteroatoms. The van der Waals surface area contributed by atoms with Crippen LogP contribution in [-0.2, 0) is 28.5 Å². The molecule has 1 saturated heterocycles. The van der Waals surface area contributed by atoms with Crippen LogP contribution in [0.5, 0.6) is 0 Å². The second-order valence-electron chi connectivity index (χ2n) is 4.96. The third-order valence-corrected chi connectivity index (χ3v) is 3.28. The first-order valence-corrected chi connectivity index (χ1v) is 6.80. The van der Waals surface area contributed by atoms with Crippen molar-refractivity contribution < 1.29 is 43.9 Å². The Balaban J connectivity index is 2.51. The largest absolute Gasteiger partial charge is 0.388 e. The van der Waals surface area contributed by atoms with Crippen LogP contribution < -0.4 is 0 Å². The van der Waals surface area contributed by atoms with Gasteiger partial charge in [-0.05, 0) is 6.92 Å². The molecule has 7 atom stereocenters. The molecular formula is C13H22O9. The van der Waals surface area contributed by atoms with Crippen LogP contribution >= 0.6 is 0 Å². The molecule has 0 aliphatic carbocycles. The predicted octanol–water partition coefficient (Wildman–Crippen LogP) is -2.37. The molecule has 0 aromatic rings. The van der Waals surface area contributed by atoms with Crippen LogP contribution in [0.2, 0.25) is 0 Å². The van der Waals surface area contributed by atoms with Crippen LogP contribution in [0.15, 0.2) is 0 Å². The highest BCUT2D eigenvalue weighted by Crippen LogP contribution is 2.21. The number of hydrogen-bond acceptors (Lipinski definition) is 9. The molecule has 0 saturated carbocycles. The van der Waals surface area contributed by atoms with Crippen molar-refractivity contribution in [3.05, 3.63) is 0 Å². The van der Waals surface area contributed by atoms with Gasteiger partial charge >= 0.3 is 0 Å². The maximum atomic E-state index is 10.9. The molecule has 0 radical (unpaired) electrons. The summed E-state index contributed by atoms with van der Waals surface area (Å²) in [6.07, 6.45) is -7.14. The number of hydrogen-bond donors (Lipinski definition) is 3. The van der Waals surface area contributed by atoms with E-state index in [9.17, 15) is 24.9 Å². The SMILES string of the molecule is COCC(C=O)OC(C=O)OCC1OC(C)C(O)C(O)C1O. The zero-order valence-corrected chi connectivity index (χ0v) is 12.4. The van der Waals surface area contributed by atoms with E-state index in [1.165, 1.54) is 14.0 Å². The van der Waals surface area contributed by atoms with E-state index >= 15 is 0 Å². The smallest absolute Gasteiger partial charge is 0.215 e. The minimum Gasteiger partial charge on any atom is -0.388 e. The summed E-state index contributed by atoms with van der Waals surface area (Å²) in [7, 11) is 1.37. The molecule has 128 valence electrons. The van der Waals surface area contributed by atoms with Crippen molar-refractivity contribution in [1.29, 1.82) is 0 Å². The van der Waals surface area contributed by atoms with Crippen LogP contribution in [-0.4, -0.2) is 91.1 Å². The first kappa shape index (κ1) is 19.1. The lowest BCUT2D eigenvalue weighted by molar-refractivity contribution is -0.244. The van der Waals surface area contributed by atoms with E-state index in [0.29, 0.717) is 12.6 Å². The van der Waals surface area contributed by atoms with Gasteiger partial charge in [-0.15, -0.1) is 0 Å². The number of methoxy groups -OCH3 is 1. The monoisotopic (exact) mass is 322 g/mol. The first-order chi connectivity index (χ1) is 10.4.